The van der Waals surface area contributed by atoms with Gasteiger partial charge in [0.05, 0.1) is 9.92 Å². The van der Waals surface area contributed by atoms with E-state index in [0.717, 1.165) is 6.26 Å². The van der Waals surface area contributed by atoms with Crippen molar-refractivity contribution in [1.82, 2.24) is 4.98 Å². The molecule has 0 amide bonds. The minimum absolute atomic E-state index is 0.180. The second-order valence-corrected chi connectivity index (χ2v) is 6.28. The number of aromatic nitrogens is 1. The third kappa shape index (κ3) is 2.63. The second-order valence-electron chi connectivity index (χ2n) is 3.82. The predicted molar refractivity (Wildman–Crippen MR) is 69.5 cm³/mol. The molecule has 1 N–H and O–H groups in total. The average molecular weight is 284 g/mol. The number of aromatic hydroxyl groups is 1. The van der Waals surface area contributed by atoms with Gasteiger partial charge in [0.15, 0.2) is 9.84 Å². The molecule has 18 heavy (non-hydrogen) atoms. The van der Waals surface area contributed by atoms with Crippen molar-refractivity contribution in [2.75, 3.05) is 6.26 Å². The first-order valence-corrected chi connectivity index (χ1v) is 7.30. The molecule has 0 saturated heterocycles. The molecule has 0 radical (unpaired) electrons. The molecule has 2 aromatic rings. The van der Waals surface area contributed by atoms with Crippen molar-refractivity contribution in [2.24, 2.45) is 0 Å². The number of pyridine rings is 1. The minimum atomic E-state index is -3.29. The third-order valence-corrected chi connectivity index (χ3v) is 3.72. The number of benzene rings is 1. The van der Waals surface area contributed by atoms with E-state index in [0.29, 0.717) is 16.1 Å². The van der Waals surface area contributed by atoms with Crippen LogP contribution in [0.1, 0.15) is 0 Å². The van der Waals surface area contributed by atoms with Crippen LogP contribution in [0.5, 0.6) is 5.88 Å². The van der Waals surface area contributed by atoms with Crippen LogP contribution >= 0.6 is 11.6 Å². The highest BCUT2D eigenvalue weighted by Crippen LogP contribution is 2.30. The highest BCUT2D eigenvalue weighted by Gasteiger charge is 2.11. The maximum atomic E-state index is 11.5. The topological polar surface area (TPSA) is 67.3 Å². The Balaban J connectivity index is 2.62. The molecule has 0 aliphatic carbocycles. The summed E-state index contributed by atoms with van der Waals surface area (Å²) in [6.45, 7) is 0. The lowest BCUT2D eigenvalue weighted by molar-refractivity contribution is 0.455. The van der Waals surface area contributed by atoms with E-state index < -0.39 is 9.84 Å². The fourth-order valence-corrected chi connectivity index (χ4v) is 2.36. The largest absolute Gasteiger partial charge is 0.493 e. The van der Waals surface area contributed by atoms with Crippen LogP contribution in [0, 0.1) is 0 Å². The van der Waals surface area contributed by atoms with Crippen LogP contribution in [0.25, 0.3) is 11.1 Å². The van der Waals surface area contributed by atoms with Crippen molar-refractivity contribution in [3.05, 3.63) is 41.6 Å². The maximum absolute atomic E-state index is 11.5. The van der Waals surface area contributed by atoms with Crippen molar-refractivity contribution in [1.29, 1.82) is 0 Å². The Hall–Kier alpha value is -1.59. The molecule has 0 aliphatic heterocycles. The molecule has 1 aromatic heterocycles. The number of halogens is 1. The first-order chi connectivity index (χ1) is 8.38. The summed E-state index contributed by atoms with van der Waals surface area (Å²) in [7, 11) is -3.29. The SMILES string of the molecule is CS(=O)(=O)c1cccc(-c2cc(Cl)cnc2O)c1. The van der Waals surface area contributed by atoms with E-state index >= 15 is 0 Å². The Morgan fingerprint density at radius 3 is 2.67 bits per heavy atom. The highest BCUT2D eigenvalue weighted by atomic mass is 35.5. The first kappa shape index (κ1) is 12.9. The first-order valence-electron chi connectivity index (χ1n) is 5.03. The van der Waals surface area contributed by atoms with Crippen LogP contribution < -0.4 is 0 Å². The van der Waals surface area contributed by atoms with Gasteiger partial charge in [-0.3, -0.25) is 0 Å². The lowest BCUT2D eigenvalue weighted by Gasteiger charge is -2.06. The molecular weight excluding hydrogens is 274 g/mol. The maximum Gasteiger partial charge on any atom is 0.218 e. The standard InChI is InChI=1S/C12H10ClNO3S/c1-18(16,17)10-4-2-3-8(5-10)11-6-9(13)7-14-12(11)15/h2-7H,1H3,(H,14,15). The van der Waals surface area contributed by atoms with Crippen LogP contribution in [-0.2, 0) is 9.84 Å². The van der Waals surface area contributed by atoms with Crippen molar-refractivity contribution in [3.63, 3.8) is 0 Å². The molecule has 6 heteroatoms. The fourth-order valence-electron chi connectivity index (χ4n) is 1.54. The van der Waals surface area contributed by atoms with Crippen LogP contribution in [-0.4, -0.2) is 24.8 Å². The van der Waals surface area contributed by atoms with Gasteiger partial charge in [0.25, 0.3) is 0 Å². The molecule has 2 rings (SSSR count). The van der Waals surface area contributed by atoms with Gasteiger partial charge in [-0.1, -0.05) is 23.7 Å². The summed E-state index contributed by atoms with van der Waals surface area (Å²) in [5, 5.41) is 10.0. The summed E-state index contributed by atoms with van der Waals surface area (Å²) >= 11 is 5.80. The zero-order valence-electron chi connectivity index (χ0n) is 9.46. The smallest absolute Gasteiger partial charge is 0.218 e. The zero-order valence-corrected chi connectivity index (χ0v) is 11.0. The van der Waals surface area contributed by atoms with Gasteiger partial charge in [0, 0.05) is 18.0 Å². The monoisotopic (exact) mass is 283 g/mol. The molecule has 94 valence electrons. The summed E-state index contributed by atoms with van der Waals surface area (Å²) in [5.74, 6) is -0.190. The molecule has 0 saturated carbocycles. The predicted octanol–water partition coefficient (Wildman–Crippen LogP) is 2.51. The Bertz CT molecular complexity index is 698. The molecule has 1 heterocycles. The quantitative estimate of drug-likeness (QED) is 0.919. The van der Waals surface area contributed by atoms with Gasteiger partial charge in [-0.15, -0.1) is 0 Å². The molecule has 0 aliphatic rings. The number of nitrogens with zero attached hydrogens (tertiary/aromatic N) is 1. The van der Waals surface area contributed by atoms with E-state index in [4.69, 9.17) is 11.6 Å². The Morgan fingerprint density at radius 2 is 2.00 bits per heavy atom. The third-order valence-electron chi connectivity index (χ3n) is 2.41. The van der Waals surface area contributed by atoms with Gasteiger partial charge in [0.1, 0.15) is 0 Å². The van der Waals surface area contributed by atoms with Gasteiger partial charge < -0.3 is 5.11 Å². The average Bonchev–Trinajstić information content (AvgIpc) is 2.31. The van der Waals surface area contributed by atoms with Gasteiger partial charge >= 0.3 is 0 Å². The molecular formula is C12H10ClNO3S. The number of hydrogen-bond acceptors (Lipinski definition) is 4. The second kappa shape index (κ2) is 4.59. The van der Waals surface area contributed by atoms with Crippen molar-refractivity contribution < 1.29 is 13.5 Å². The number of sulfone groups is 1. The van der Waals surface area contributed by atoms with Gasteiger partial charge in [-0.05, 0) is 23.8 Å². The molecule has 0 atom stereocenters. The van der Waals surface area contributed by atoms with Crippen molar-refractivity contribution in [3.8, 4) is 17.0 Å². The summed E-state index contributed by atoms with van der Waals surface area (Å²) < 4.78 is 22.9. The normalized spacial score (nSPS) is 11.4. The molecule has 1 aromatic carbocycles. The Morgan fingerprint density at radius 1 is 1.28 bits per heavy atom. The molecule has 0 spiro atoms. The highest BCUT2D eigenvalue weighted by molar-refractivity contribution is 7.90. The van der Waals surface area contributed by atoms with Gasteiger partial charge in [-0.2, -0.15) is 0 Å². The van der Waals surface area contributed by atoms with Crippen LogP contribution in [0.15, 0.2) is 41.4 Å². The zero-order chi connectivity index (χ0) is 13.3. The van der Waals surface area contributed by atoms with E-state index in [1.165, 1.54) is 24.4 Å². The molecule has 0 fully saturated rings. The lowest BCUT2D eigenvalue weighted by atomic mass is 10.1. The Kier molecular flexibility index (Phi) is 3.28. The van der Waals surface area contributed by atoms with Gasteiger partial charge in [-0.25, -0.2) is 13.4 Å². The van der Waals surface area contributed by atoms with Crippen molar-refractivity contribution in [2.45, 2.75) is 4.90 Å². The van der Waals surface area contributed by atoms with Crippen molar-refractivity contribution >= 4 is 21.4 Å². The van der Waals surface area contributed by atoms with Gasteiger partial charge in [0.2, 0.25) is 5.88 Å². The number of rotatable bonds is 2. The minimum Gasteiger partial charge on any atom is -0.493 e. The van der Waals surface area contributed by atoms with E-state index in [1.807, 2.05) is 0 Å². The van der Waals surface area contributed by atoms with E-state index in [9.17, 15) is 13.5 Å². The van der Waals surface area contributed by atoms with E-state index in [1.54, 1.807) is 12.1 Å². The number of hydrogen-bond donors (Lipinski definition) is 1. The van der Waals surface area contributed by atoms with E-state index in [2.05, 4.69) is 4.98 Å². The summed E-state index contributed by atoms with van der Waals surface area (Å²) in [4.78, 5) is 3.90. The Labute approximate surface area is 110 Å². The lowest BCUT2D eigenvalue weighted by Crippen LogP contribution is -1.97. The van der Waals surface area contributed by atoms with Crippen LogP contribution in [0.4, 0.5) is 0 Å². The van der Waals surface area contributed by atoms with Crippen LogP contribution in [0.2, 0.25) is 5.02 Å². The summed E-state index contributed by atoms with van der Waals surface area (Å²) in [6, 6.07) is 7.79. The summed E-state index contributed by atoms with van der Waals surface area (Å²) in [5.41, 5.74) is 0.943. The molecule has 0 unspecified atom stereocenters. The summed E-state index contributed by atoms with van der Waals surface area (Å²) in [6.07, 6.45) is 2.45. The molecule has 0 bridgehead atoms. The van der Waals surface area contributed by atoms with E-state index in [-0.39, 0.29) is 10.8 Å². The van der Waals surface area contributed by atoms with Crippen LogP contribution in [0.3, 0.4) is 0 Å². The fraction of sp³-hybridized carbons (Fsp3) is 0.0833. The molecule has 4 nitrogen and oxygen atoms in total.